The number of aliphatic carboxylic acids is 1. The first-order chi connectivity index (χ1) is 26.3. The van der Waals surface area contributed by atoms with Gasteiger partial charge in [-0.1, -0.05) is 50.1 Å². The molecule has 0 aromatic carbocycles. The Morgan fingerprint density at radius 1 is 0.750 bits per heavy atom. The molecule has 0 aliphatic rings. The first-order valence-electron chi connectivity index (χ1n) is 17.2. The highest BCUT2D eigenvalue weighted by molar-refractivity contribution is 14.0. The van der Waals surface area contributed by atoms with E-state index in [0.29, 0.717) is 48.4 Å². The molecule has 0 saturated heterocycles. The molecule has 0 aliphatic heterocycles. The van der Waals surface area contributed by atoms with E-state index in [1.54, 1.807) is 74.4 Å². The Morgan fingerprint density at radius 2 is 1.21 bits per heavy atom. The third-order valence-corrected chi connectivity index (χ3v) is 7.32. The van der Waals surface area contributed by atoms with Crippen LogP contribution in [-0.2, 0) is 38.2 Å². The summed E-state index contributed by atoms with van der Waals surface area (Å²) in [7, 11) is 0. The van der Waals surface area contributed by atoms with E-state index in [-0.39, 0.29) is 75.0 Å². The molecule has 312 valence electrons. The normalized spacial score (nSPS) is 9.07. The van der Waals surface area contributed by atoms with Gasteiger partial charge in [-0.05, 0) is 76.4 Å². The molecule has 3 rings (SSSR count). The summed E-state index contributed by atoms with van der Waals surface area (Å²) >= 11 is 11.3. The zero-order valence-corrected chi connectivity index (χ0v) is 35.8. The molecule has 0 atom stereocenters. The van der Waals surface area contributed by atoms with E-state index in [9.17, 15) is 24.0 Å². The van der Waals surface area contributed by atoms with E-state index in [1.807, 2.05) is 25.1 Å². The van der Waals surface area contributed by atoms with Crippen molar-refractivity contribution >= 4 is 90.0 Å². The minimum atomic E-state index is -0.880. The number of pyridine rings is 3. The van der Waals surface area contributed by atoms with Gasteiger partial charge in [0.1, 0.15) is 10.7 Å². The van der Waals surface area contributed by atoms with Crippen LogP contribution in [0.4, 0.5) is 0 Å². The fraction of sp³-hybridized carbons (Fsp3) is 0.421. The lowest BCUT2D eigenvalue weighted by Crippen LogP contribution is -2.20. The van der Waals surface area contributed by atoms with Crippen LogP contribution in [-0.4, -0.2) is 80.2 Å². The maximum atomic E-state index is 11.5. The maximum Gasteiger partial charge on any atom is 0.332 e. The lowest BCUT2D eigenvalue weighted by molar-refractivity contribution is -0.146. The van der Waals surface area contributed by atoms with Crippen LogP contribution >= 0.6 is 60.2 Å². The minimum Gasteiger partial charge on any atom is -0.481 e. The SMILES string of the molecule is C.CCOC(=O)CCCC(=O)O.CCOC(=O)CCCC(=O)On1ccccc1=S.CCOC(=O)CCCSc1ccccn1.I.On1ccccc1=S.[2H]C#C. The second-order valence-electron chi connectivity index (χ2n) is 9.85. The zero-order chi connectivity index (χ0) is 41.7. The summed E-state index contributed by atoms with van der Waals surface area (Å²) in [6.45, 7) is 6.44. The molecule has 0 aliphatic carbocycles. The van der Waals surface area contributed by atoms with Gasteiger partial charge in [-0.15, -0.1) is 48.6 Å². The number of ether oxygens (including phenoxy) is 3. The molecule has 56 heavy (non-hydrogen) atoms. The highest BCUT2D eigenvalue weighted by Gasteiger charge is 2.08. The van der Waals surface area contributed by atoms with E-state index in [4.69, 9.17) is 38.2 Å². The number of hydrogen-bond acceptors (Lipinski definition) is 14. The van der Waals surface area contributed by atoms with Gasteiger partial charge in [-0.2, -0.15) is 9.46 Å². The highest BCUT2D eigenvalue weighted by Crippen LogP contribution is 2.15. The Bertz CT molecular complexity index is 1690. The lowest BCUT2D eigenvalue weighted by Gasteiger charge is -2.06. The lowest BCUT2D eigenvalue weighted by atomic mass is 10.2. The number of thioether (sulfide) groups is 1. The molecule has 3 aromatic rings. The number of aromatic nitrogens is 3. The van der Waals surface area contributed by atoms with Crippen molar-refractivity contribution in [2.45, 2.75) is 84.6 Å². The third kappa shape index (κ3) is 35.4. The van der Waals surface area contributed by atoms with Crippen molar-refractivity contribution in [3.63, 3.8) is 0 Å². The van der Waals surface area contributed by atoms with Crippen LogP contribution in [0.25, 0.3) is 0 Å². The number of hydrogen-bond donors (Lipinski definition) is 2. The fourth-order valence-corrected chi connectivity index (χ4v) is 4.47. The standard InChI is InChI=1S/C12H15NO4S.C11H15NO2S.C7H12O4.C5H5NOS.C2H2.CH4.HI/c1-2-16-11(14)7-5-8-12(15)17-13-9-4-3-6-10(13)18;1-2-14-11(13)7-5-9-15-10-6-3-4-8-12-10;1-2-11-7(10)5-3-4-6(8)9;7-6-4-2-1-3-5(6)8;1-2;;/h3-4,6,9H,2,5,7-8H2,1H3;3-4,6,8H,2,5,7,9H2,1H3;2-5H2,1H3,(H,8,9);1-4,7H;1-2H;1H4;1H/i;;;;1D;;. The van der Waals surface area contributed by atoms with Crippen LogP contribution in [0, 0.1) is 22.1 Å². The average molecular weight is 953 g/mol. The maximum absolute atomic E-state index is 11.5. The third-order valence-electron chi connectivity index (χ3n) is 5.65. The number of halogens is 1. The summed E-state index contributed by atoms with van der Waals surface area (Å²) in [5, 5.41) is 17.9. The number of carbonyl (C=O) groups excluding carboxylic acids is 4. The van der Waals surface area contributed by atoms with E-state index in [2.05, 4.69) is 28.4 Å². The van der Waals surface area contributed by atoms with Gasteiger partial charge in [0.25, 0.3) is 0 Å². The molecule has 0 spiro atoms. The molecule has 18 heteroatoms. The molecule has 0 radical (unpaired) electrons. The molecule has 0 bridgehead atoms. The van der Waals surface area contributed by atoms with Crippen molar-refractivity contribution in [3.8, 4) is 12.8 Å². The van der Waals surface area contributed by atoms with Crippen LogP contribution in [0.15, 0.2) is 78.2 Å². The van der Waals surface area contributed by atoms with Gasteiger partial charge in [-0.25, -0.2) is 9.78 Å². The molecular formula is C38H54IN3O11S3. The van der Waals surface area contributed by atoms with Crippen molar-refractivity contribution in [1.29, 1.82) is 0 Å². The van der Waals surface area contributed by atoms with Gasteiger partial charge >= 0.3 is 29.8 Å². The van der Waals surface area contributed by atoms with Crippen LogP contribution in [0.1, 0.15) is 80.9 Å². The molecule has 0 amide bonds. The monoisotopic (exact) mass is 952 g/mol. The van der Waals surface area contributed by atoms with Crippen LogP contribution in [0.3, 0.4) is 0 Å². The van der Waals surface area contributed by atoms with Crippen molar-refractivity contribution in [1.82, 2.24) is 14.4 Å². The van der Waals surface area contributed by atoms with Crippen molar-refractivity contribution in [2.24, 2.45) is 0 Å². The summed E-state index contributed by atoms with van der Waals surface area (Å²) < 4.78 is 22.9. The number of carbonyl (C=O) groups is 5. The van der Waals surface area contributed by atoms with E-state index in [0.717, 1.165) is 21.9 Å². The van der Waals surface area contributed by atoms with E-state index in [1.165, 1.54) is 17.3 Å². The average Bonchev–Trinajstić information content (AvgIpc) is 3.14. The molecule has 0 fully saturated rings. The summed E-state index contributed by atoms with van der Waals surface area (Å²) in [4.78, 5) is 63.3. The molecule has 0 saturated carbocycles. The van der Waals surface area contributed by atoms with Crippen molar-refractivity contribution in [3.05, 3.63) is 82.5 Å². The summed E-state index contributed by atoms with van der Waals surface area (Å²) in [5.41, 5.74) is 0. The zero-order valence-electron chi connectivity index (χ0n) is 32.0. The molecule has 3 heterocycles. The van der Waals surface area contributed by atoms with Gasteiger partial charge in [0.05, 0.1) is 24.8 Å². The van der Waals surface area contributed by atoms with Gasteiger partial charge in [0, 0.05) is 56.4 Å². The molecule has 0 unspecified atom stereocenters. The quantitative estimate of drug-likeness (QED) is 0.0193. The van der Waals surface area contributed by atoms with Crippen LogP contribution in [0.2, 0.25) is 0 Å². The molecule has 14 nitrogen and oxygen atoms in total. The minimum absolute atomic E-state index is 0. The van der Waals surface area contributed by atoms with Crippen molar-refractivity contribution < 1.29 is 54.7 Å². The Morgan fingerprint density at radius 3 is 1.64 bits per heavy atom. The second kappa shape index (κ2) is 40.3. The van der Waals surface area contributed by atoms with Gasteiger partial charge in [0.15, 0.2) is 0 Å². The van der Waals surface area contributed by atoms with E-state index < -0.39 is 11.9 Å². The highest BCUT2D eigenvalue weighted by atomic mass is 127. The Balaban J connectivity index is -0.000000328. The molecular weight excluding hydrogens is 898 g/mol. The summed E-state index contributed by atoms with van der Waals surface area (Å²) in [6.07, 6.45) is 13.2. The van der Waals surface area contributed by atoms with Gasteiger partial charge in [0.2, 0.25) is 0 Å². The fourth-order valence-electron chi connectivity index (χ4n) is 3.35. The number of rotatable bonds is 17. The second-order valence-corrected chi connectivity index (χ2v) is 11.8. The Kier molecular flexibility index (Phi) is 40.4. The predicted octanol–water partition coefficient (Wildman–Crippen LogP) is 8.19. The number of carboxylic acid groups (broad SMARTS) is 1. The first kappa shape index (κ1) is 56.0. The smallest absolute Gasteiger partial charge is 0.332 e. The topological polar surface area (TPSA) is 185 Å². The number of terminal acetylenes is 1. The van der Waals surface area contributed by atoms with Gasteiger partial charge < -0.3 is 29.4 Å². The Labute approximate surface area is 362 Å². The summed E-state index contributed by atoms with van der Waals surface area (Å²) in [6, 6.07) is 16.1. The summed E-state index contributed by atoms with van der Waals surface area (Å²) in [5.74, 6) is -1.15. The van der Waals surface area contributed by atoms with Gasteiger partial charge in [-0.3, -0.25) is 19.2 Å². The number of esters is 3. The van der Waals surface area contributed by atoms with Crippen LogP contribution in [0.5, 0.6) is 0 Å². The molecule has 2 N–H and O–H groups in total. The van der Waals surface area contributed by atoms with Crippen LogP contribution < -0.4 is 4.84 Å². The predicted molar refractivity (Wildman–Crippen MR) is 231 cm³/mol. The number of carboxylic acids is 1. The molecule has 3 aromatic heterocycles. The largest absolute Gasteiger partial charge is 0.481 e. The number of nitrogens with zero attached hydrogens (tertiary/aromatic N) is 3. The van der Waals surface area contributed by atoms with E-state index >= 15 is 0 Å². The Hall–Kier alpha value is -4.32. The first-order valence-corrected chi connectivity index (χ1v) is 18.5. The van der Waals surface area contributed by atoms with Crippen molar-refractivity contribution in [2.75, 3.05) is 25.6 Å².